The fourth-order valence-corrected chi connectivity index (χ4v) is 2.24. The molecule has 2 atom stereocenters. The van der Waals surface area contributed by atoms with Gasteiger partial charge in [-0.15, -0.1) is 6.58 Å². The largest absolute Gasteiger partial charge is 0.469 e. The van der Waals surface area contributed by atoms with Gasteiger partial charge in [-0.3, -0.25) is 4.79 Å². The summed E-state index contributed by atoms with van der Waals surface area (Å²) in [5, 5.41) is 8.91. The summed E-state index contributed by atoms with van der Waals surface area (Å²) in [4.78, 5) is 23.3. The van der Waals surface area contributed by atoms with Crippen molar-refractivity contribution in [2.24, 2.45) is 11.8 Å². The molecule has 1 fully saturated rings. The number of amides is 1. The average Bonchev–Trinajstić information content (AvgIpc) is 2.35. The van der Waals surface area contributed by atoms with Gasteiger partial charge in [-0.05, 0) is 24.7 Å². The molecule has 1 aliphatic heterocycles. The number of carbonyl (C=O) groups is 2. The number of hydrogen-bond donors (Lipinski definition) is 1. The number of esters is 1. The molecule has 96 valence electrons. The molecule has 2 unspecified atom stereocenters. The van der Waals surface area contributed by atoms with Crippen LogP contribution in [0, 0.1) is 11.8 Å². The van der Waals surface area contributed by atoms with E-state index in [1.54, 1.807) is 6.08 Å². The summed E-state index contributed by atoms with van der Waals surface area (Å²) in [5.41, 5.74) is 0. The number of likely N-dealkylation sites (tertiary alicyclic amines) is 1. The van der Waals surface area contributed by atoms with Gasteiger partial charge in [0, 0.05) is 19.5 Å². The number of rotatable bonds is 4. The molecule has 1 heterocycles. The van der Waals surface area contributed by atoms with Gasteiger partial charge in [0.05, 0.1) is 7.11 Å². The maximum absolute atomic E-state index is 11.1. The molecule has 1 amide bonds. The Kier molecular flexibility index (Phi) is 5.00. The van der Waals surface area contributed by atoms with Crippen LogP contribution in [-0.2, 0) is 9.53 Å². The lowest BCUT2D eigenvalue weighted by molar-refractivity contribution is -0.141. The quantitative estimate of drug-likeness (QED) is 0.601. The van der Waals surface area contributed by atoms with Crippen LogP contribution < -0.4 is 0 Å². The first-order valence-corrected chi connectivity index (χ1v) is 5.75. The molecule has 0 aromatic carbocycles. The minimum Gasteiger partial charge on any atom is -0.469 e. The van der Waals surface area contributed by atoms with Crippen LogP contribution in [0.2, 0.25) is 0 Å². The van der Waals surface area contributed by atoms with Gasteiger partial charge in [0.2, 0.25) is 0 Å². The standard InChI is InChI=1S/C12H19NO4/c1-3-9-8-13(12(15)16)7-6-10(9)4-5-11(14)17-2/h3,9-10H,1,4-8H2,2H3,(H,15,16). The van der Waals surface area contributed by atoms with Crippen molar-refractivity contribution in [2.75, 3.05) is 20.2 Å². The minimum absolute atomic E-state index is 0.129. The highest BCUT2D eigenvalue weighted by atomic mass is 16.5. The Morgan fingerprint density at radius 1 is 1.59 bits per heavy atom. The first-order chi connectivity index (χ1) is 8.08. The Labute approximate surface area is 101 Å². The topological polar surface area (TPSA) is 66.8 Å². The van der Waals surface area contributed by atoms with Crippen molar-refractivity contribution in [1.29, 1.82) is 0 Å². The molecule has 0 aliphatic carbocycles. The van der Waals surface area contributed by atoms with Gasteiger partial charge < -0.3 is 14.7 Å². The molecular weight excluding hydrogens is 222 g/mol. The number of methoxy groups -OCH3 is 1. The van der Waals surface area contributed by atoms with E-state index in [-0.39, 0.29) is 11.9 Å². The fourth-order valence-electron chi connectivity index (χ4n) is 2.24. The number of carboxylic acid groups (broad SMARTS) is 1. The monoisotopic (exact) mass is 241 g/mol. The van der Waals surface area contributed by atoms with Crippen molar-refractivity contribution in [3.8, 4) is 0 Å². The van der Waals surface area contributed by atoms with Crippen LogP contribution in [0.1, 0.15) is 19.3 Å². The molecule has 0 aromatic heterocycles. The number of ether oxygens (including phenoxy) is 1. The molecule has 17 heavy (non-hydrogen) atoms. The van der Waals surface area contributed by atoms with Crippen molar-refractivity contribution in [1.82, 2.24) is 4.90 Å². The SMILES string of the molecule is C=CC1CN(C(=O)O)CCC1CCC(=O)OC. The molecule has 0 spiro atoms. The summed E-state index contributed by atoms with van der Waals surface area (Å²) in [6.07, 6.45) is 2.80. The van der Waals surface area contributed by atoms with Gasteiger partial charge >= 0.3 is 12.1 Å². The number of nitrogens with zero attached hydrogens (tertiary/aromatic N) is 1. The third-order valence-corrected chi connectivity index (χ3v) is 3.33. The Balaban J connectivity index is 2.48. The van der Waals surface area contributed by atoms with Crippen LogP contribution in [0.15, 0.2) is 12.7 Å². The molecule has 0 saturated carbocycles. The normalized spacial score (nSPS) is 24.2. The van der Waals surface area contributed by atoms with Crippen molar-refractivity contribution >= 4 is 12.1 Å². The average molecular weight is 241 g/mol. The van der Waals surface area contributed by atoms with E-state index in [0.717, 1.165) is 12.8 Å². The maximum Gasteiger partial charge on any atom is 0.407 e. The Morgan fingerprint density at radius 2 is 2.29 bits per heavy atom. The zero-order valence-corrected chi connectivity index (χ0v) is 10.1. The summed E-state index contributed by atoms with van der Waals surface area (Å²) in [6, 6.07) is 0. The fraction of sp³-hybridized carbons (Fsp3) is 0.667. The number of hydrogen-bond acceptors (Lipinski definition) is 3. The van der Waals surface area contributed by atoms with Crippen LogP contribution in [0.5, 0.6) is 0 Å². The minimum atomic E-state index is -0.886. The van der Waals surface area contributed by atoms with E-state index in [1.807, 2.05) is 0 Å². The third kappa shape index (κ3) is 3.76. The third-order valence-electron chi connectivity index (χ3n) is 3.33. The van der Waals surface area contributed by atoms with Gasteiger partial charge in [-0.2, -0.15) is 0 Å². The molecule has 5 nitrogen and oxygen atoms in total. The Hall–Kier alpha value is -1.52. The molecule has 0 aromatic rings. The molecule has 5 heteroatoms. The zero-order valence-electron chi connectivity index (χ0n) is 10.1. The lowest BCUT2D eigenvalue weighted by atomic mass is 9.82. The first-order valence-electron chi connectivity index (χ1n) is 5.75. The summed E-state index contributed by atoms with van der Waals surface area (Å²) < 4.78 is 4.60. The number of piperidine rings is 1. The molecule has 1 saturated heterocycles. The van der Waals surface area contributed by atoms with Crippen LogP contribution in [0.3, 0.4) is 0 Å². The summed E-state index contributed by atoms with van der Waals surface area (Å²) in [6.45, 7) is 4.75. The van der Waals surface area contributed by atoms with E-state index in [1.165, 1.54) is 12.0 Å². The van der Waals surface area contributed by atoms with Gasteiger partial charge in [0.1, 0.15) is 0 Å². The van der Waals surface area contributed by atoms with Crippen molar-refractivity contribution in [2.45, 2.75) is 19.3 Å². The summed E-state index contributed by atoms with van der Waals surface area (Å²) >= 11 is 0. The van der Waals surface area contributed by atoms with E-state index in [0.29, 0.717) is 25.4 Å². The lowest BCUT2D eigenvalue weighted by Gasteiger charge is -2.35. The first kappa shape index (κ1) is 13.5. The maximum atomic E-state index is 11.1. The number of carbonyl (C=O) groups excluding carboxylic acids is 1. The molecule has 1 rings (SSSR count). The second-order valence-electron chi connectivity index (χ2n) is 4.29. The van der Waals surface area contributed by atoms with Gasteiger partial charge in [0.25, 0.3) is 0 Å². The van der Waals surface area contributed by atoms with Crippen molar-refractivity contribution in [3.63, 3.8) is 0 Å². The second-order valence-corrected chi connectivity index (χ2v) is 4.29. The molecule has 0 radical (unpaired) electrons. The van der Waals surface area contributed by atoms with E-state index >= 15 is 0 Å². The molecule has 1 aliphatic rings. The summed E-state index contributed by atoms with van der Waals surface area (Å²) in [7, 11) is 1.38. The van der Waals surface area contributed by atoms with E-state index in [2.05, 4.69) is 11.3 Å². The van der Waals surface area contributed by atoms with Gasteiger partial charge in [-0.25, -0.2) is 4.79 Å². The zero-order chi connectivity index (χ0) is 12.8. The smallest absolute Gasteiger partial charge is 0.407 e. The van der Waals surface area contributed by atoms with Crippen molar-refractivity contribution in [3.05, 3.63) is 12.7 Å². The summed E-state index contributed by atoms with van der Waals surface area (Å²) in [5.74, 6) is 0.236. The highest BCUT2D eigenvalue weighted by Gasteiger charge is 2.29. The van der Waals surface area contributed by atoms with Crippen LogP contribution in [0.4, 0.5) is 4.79 Å². The van der Waals surface area contributed by atoms with E-state index < -0.39 is 6.09 Å². The van der Waals surface area contributed by atoms with E-state index in [9.17, 15) is 9.59 Å². The molecular formula is C12H19NO4. The predicted octanol–water partition coefficient (Wildman–Crippen LogP) is 1.74. The van der Waals surface area contributed by atoms with E-state index in [4.69, 9.17) is 5.11 Å². The highest BCUT2D eigenvalue weighted by Crippen LogP contribution is 2.28. The lowest BCUT2D eigenvalue weighted by Crippen LogP contribution is -2.42. The second kappa shape index (κ2) is 6.27. The van der Waals surface area contributed by atoms with Crippen LogP contribution >= 0.6 is 0 Å². The van der Waals surface area contributed by atoms with Gasteiger partial charge in [-0.1, -0.05) is 6.08 Å². The van der Waals surface area contributed by atoms with Gasteiger partial charge in [0.15, 0.2) is 0 Å². The highest BCUT2D eigenvalue weighted by molar-refractivity contribution is 5.69. The molecule has 0 bridgehead atoms. The Bertz CT molecular complexity index is 303. The predicted molar refractivity (Wildman–Crippen MR) is 62.6 cm³/mol. The van der Waals surface area contributed by atoms with Crippen molar-refractivity contribution < 1.29 is 19.4 Å². The van der Waals surface area contributed by atoms with Crippen LogP contribution in [0.25, 0.3) is 0 Å². The van der Waals surface area contributed by atoms with Crippen LogP contribution in [-0.4, -0.2) is 42.3 Å². The Morgan fingerprint density at radius 3 is 2.82 bits per heavy atom. The molecule has 1 N–H and O–H groups in total.